The minimum atomic E-state index is 0.157. The highest BCUT2D eigenvalue weighted by Gasteiger charge is 2.37. The first-order valence-electron chi connectivity index (χ1n) is 7.64. The number of fused-ring (bicyclic) bond motifs is 1. The SMILES string of the molecule is Nc1ccccc1OCCC(=O)N1CCOC2CCCC21. The standard InChI is InChI=1S/C16H22N2O3/c17-12-4-1-2-6-14(12)20-10-8-16(19)18-9-11-21-15-7-3-5-13(15)18/h1-2,4,6,13,15H,3,5,7-11,17H2. The Kier molecular flexibility index (Phi) is 4.29. The van der Waals surface area contributed by atoms with Crippen LogP contribution in [0.2, 0.25) is 0 Å². The van der Waals surface area contributed by atoms with Crippen LogP contribution in [0.1, 0.15) is 25.7 Å². The third-order valence-electron chi connectivity index (χ3n) is 4.29. The number of para-hydroxylation sites is 2. The number of carbonyl (C=O) groups excluding carboxylic acids is 1. The maximum Gasteiger partial charge on any atom is 0.226 e. The Balaban J connectivity index is 1.51. The van der Waals surface area contributed by atoms with Crippen LogP contribution in [0.5, 0.6) is 5.75 Å². The van der Waals surface area contributed by atoms with Crippen LogP contribution in [-0.2, 0) is 9.53 Å². The molecule has 0 aromatic heterocycles. The van der Waals surface area contributed by atoms with E-state index in [2.05, 4.69) is 0 Å². The number of nitrogens with zero attached hydrogens (tertiary/aromatic N) is 1. The molecule has 1 heterocycles. The van der Waals surface area contributed by atoms with Crippen molar-refractivity contribution in [3.8, 4) is 5.75 Å². The van der Waals surface area contributed by atoms with E-state index in [0.717, 1.165) is 19.3 Å². The number of carbonyl (C=O) groups is 1. The number of nitrogens with two attached hydrogens (primary N) is 1. The number of rotatable bonds is 4. The number of morpholine rings is 1. The molecule has 5 nitrogen and oxygen atoms in total. The van der Waals surface area contributed by atoms with Gasteiger partial charge in [0.15, 0.2) is 0 Å². The molecule has 1 aromatic carbocycles. The monoisotopic (exact) mass is 290 g/mol. The van der Waals surface area contributed by atoms with E-state index in [-0.39, 0.29) is 18.1 Å². The second-order valence-electron chi connectivity index (χ2n) is 5.63. The molecule has 3 rings (SSSR count). The molecule has 1 aliphatic heterocycles. The van der Waals surface area contributed by atoms with Gasteiger partial charge in [0.1, 0.15) is 5.75 Å². The molecule has 1 amide bonds. The highest BCUT2D eigenvalue weighted by Crippen LogP contribution is 2.30. The molecule has 2 N–H and O–H groups in total. The lowest BCUT2D eigenvalue weighted by molar-refractivity contribution is -0.144. The van der Waals surface area contributed by atoms with Crippen LogP contribution in [0, 0.1) is 0 Å². The van der Waals surface area contributed by atoms with Gasteiger partial charge in [-0.3, -0.25) is 4.79 Å². The van der Waals surface area contributed by atoms with E-state index in [1.165, 1.54) is 0 Å². The fourth-order valence-corrected chi connectivity index (χ4v) is 3.24. The summed E-state index contributed by atoms with van der Waals surface area (Å²) in [6.07, 6.45) is 3.91. The molecule has 2 atom stereocenters. The first kappa shape index (κ1) is 14.2. The molecule has 21 heavy (non-hydrogen) atoms. The molecule has 1 aromatic rings. The van der Waals surface area contributed by atoms with E-state index >= 15 is 0 Å². The van der Waals surface area contributed by atoms with Crippen molar-refractivity contribution >= 4 is 11.6 Å². The molecule has 0 radical (unpaired) electrons. The van der Waals surface area contributed by atoms with Crippen molar-refractivity contribution in [3.05, 3.63) is 24.3 Å². The fraction of sp³-hybridized carbons (Fsp3) is 0.562. The Morgan fingerprint density at radius 2 is 2.24 bits per heavy atom. The Hall–Kier alpha value is -1.75. The molecule has 2 fully saturated rings. The molecule has 5 heteroatoms. The van der Waals surface area contributed by atoms with Crippen LogP contribution in [0.25, 0.3) is 0 Å². The van der Waals surface area contributed by atoms with Gasteiger partial charge in [-0.1, -0.05) is 12.1 Å². The number of hydrogen-bond donors (Lipinski definition) is 1. The lowest BCUT2D eigenvalue weighted by Gasteiger charge is -2.37. The largest absolute Gasteiger partial charge is 0.491 e. The zero-order valence-electron chi connectivity index (χ0n) is 12.2. The first-order chi connectivity index (χ1) is 10.3. The third-order valence-corrected chi connectivity index (χ3v) is 4.29. The summed E-state index contributed by atoms with van der Waals surface area (Å²) in [7, 11) is 0. The molecule has 1 saturated carbocycles. The first-order valence-corrected chi connectivity index (χ1v) is 7.64. The van der Waals surface area contributed by atoms with Crippen LogP contribution in [0.3, 0.4) is 0 Å². The molecule has 2 unspecified atom stereocenters. The third kappa shape index (κ3) is 3.13. The molecule has 2 aliphatic rings. The van der Waals surface area contributed by atoms with Crippen LogP contribution in [0.15, 0.2) is 24.3 Å². The van der Waals surface area contributed by atoms with Crippen molar-refractivity contribution in [3.63, 3.8) is 0 Å². The minimum Gasteiger partial charge on any atom is -0.491 e. The summed E-state index contributed by atoms with van der Waals surface area (Å²) in [5.74, 6) is 0.802. The molecule has 0 bridgehead atoms. The quantitative estimate of drug-likeness (QED) is 0.859. The van der Waals surface area contributed by atoms with E-state index in [0.29, 0.717) is 37.6 Å². The lowest BCUT2D eigenvalue weighted by Crippen LogP contribution is -2.51. The maximum atomic E-state index is 12.4. The van der Waals surface area contributed by atoms with Crippen molar-refractivity contribution in [1.82, 2.24) is 4.90 Å². The molecule has 114 valence electrons. The van der Waals surface area contributed by atoms with Crippen molar-refractivity contribution < 1.29 is 14.3 Å². The van der Waals surface area contributed by atoms with Crippen molar-refractivity contribution in [2.75, 3.05) is 25.5 Å². The Labute approximate surface area is 125 Å². The summed E-state index contributed by atoms with van der Waals surface area (Å²) in [5.41, 5.74) is 6.42. The highest BCUT2D eigenvalue weighted by atomic mass is 16.5. The summed E-state index contributed by atoms with van der Waals surface area (Å²) in [6.45, 7) is 1.72. The predicted octanol–water partition coefficient (Wildman–Crippen LogP) is 1.82. The van der Waals surface area contributed by atoms with Crippen LogP contribution >= 0.6 is 0 Å². The normalized spacial score (nSPS) is 24.7. The Morgan fingerprint density at radius 3 is 3.10 bits per heavy atom. The lowest BCUT2D eigenvalue weighted by atomic mass is 10.1. The van der Waals surface area contributed by atoms with E-state index in [9.17, 15) is 4.79 Å². The molecular formula is C16H22N2O3. The van der Waals surface area contributed by atoms with E-state index in [4.69, 9.17) is 15.2 Å². The summed E-state index contributed by atoms with van der Waals surface area (Å²) in [5, 5.41) is 0. The summed E-state index contributed by atoms with van der Waals surface area (Å²) < 4.78 is 11.3. The van der Waals surface area contributed by atoms with Gasteiger partial charge in [0.05, 0.1) is 37.5 Å². The average molecular weight is 290 g/mol. The van der Waals surface area contributed by atoms with Gasteiger partial charge in [0, 0.05) is 6.54 Å². The van der Waals surface area contributed by atoms with Crippen molar-refractivity contribution in [1.29, 1.82) is 0 Å². The second kappa shape index (κ2) is 6.35. The zero-order chi connectivity index (χ0) is 14.7. The van der Waals surface area contributed by atoms with E-state index in [1.807, 2.05) is 23.1 Å². The van der Waals surface area contributed by atoms with Crippen molar-refractivity contribution in [2.24, 2.45) is 0 Å². The number of benzene rings is 1. The van der Waals surface area contributed by atoms with Gasteiger partial charge < -0.3 is 20.1 Å². The maximum absolute atomic E-state index is 12.4. The number of nitrogen functional groups attached to an aromatic ring is 1. The molecule has 1 saturated heterocycles. The van der Waals surface area contributed by atoms with E-state index in [1.54, 1.807) is 6.07 Å². The van der Waals surface area contributed by atoms with E-state index < -0.39 is 0 Å². The zero-order valence-corrected chi connectivity index (χ0v) is 12.2. The molecule has 1 aliphatic carbocycles. The second-order valence-corrected chi connectivity index (χ2v) is 5.63. The van der Waals surface area contributed by atoms with Gasteiger partial charge in [0.2, 0.25) is 5.91 Å². The summed E-state index contributed by atoms with van der Waals surface area (Å²) >= 11 is 0. The number of ether oxygens (including phenoxy) is 2. The minimum absolute atomic E-state index is 0.157. The number of anilines is 1. The van der Waals surface area contributed by atoms with Crippen LogP contribution in [0.4, 0.5) is 5.69 Å². The highest BCUT2D eigenvalue weighted by molar-refractivity contribution is 5.77. The smallest absolute Gasteiger partial charge is 0.226 e. The van der Waals surface area contributed by atoms with Crippen LogP contribution in [-0.4, -0.2) is 42.7 Å². The summed E-state index contributed by atoms with van der Waals surface area (Å²) in [6, 6.07) is 7.62. The fourth-order valence-electron chi connectivity index (χ4n) is 3.24. The van der Waals surface area contributed by atoms with Gasteiger partial charge in [0.25, 0.3) is 0 Å². The Bertz CT molecular complexity index is 506. The van der Waals surface area contributed by atoms with Gasteiger partial charge in [-0.05, 0) is 31.4 Å². The van der Waals surface area contributed by atoms with Crippen molar-refractivity contribution in [2.45, 2.75) is 37.8 Å². The van der Waals surface area contributed by atoms with Gasteiger partial charge >= 0.3 is 0 Å². The van der Waals surface area contributed by atoms with Gasteiger partial charge in [-0.2, -0.15) is 0 Å². The van der Waals surface area contributed by atoms with Crippen LogP contribution < -0.4 is 10.5 Å². The predicted molar refractivity (Wildman–Crippen MR) is 80.1 cm³/mol. The number of amides is 1. The van der Waals surface area contributed by atoms with Gasteiger partial charge in [-0.25, -0.2) is 0 Å². The average Bonchev–Trinajstić information content (AvgIpc) is 2.97. The molecule has 0 spiro atoms. The van der Waals surface area contributed by atoms with Gasteiger partial charge in [-0.15, -0.1) is 0 Å². The topological polar surface area (TPSA) is 64.8 Å². The Morgan fingerprint density at radius 1 is 1.38 bits per heavy atom. The summed E-state index contributed by atoms with van der Waals surface area (Å²) in [4.78, 5) is 14.4. The molecular weight excluding hydrogens is 268 g/mol. The number of hydrogen-bond acceptors (Lipinski definition) is 4.